The Morgan fingerprint density at radius 2 is 2.04 bits per heavy atom. The number of non-ortho nitro benzene ring substituents is 1. The van der Waals surface area contributed by atoms with Crippen LogP contribution in [0.15, 0.2) is 36.4 Å². The quantitative estimate of drug-likeness (QED) is 0.618. The second kappa shape index (κ2) is 7.24. The first-order valence-electron chi connectivity index (χ1n) is 8.64. The van der Waals surface area contributed by atoms with Crippen molar-refractivity contribution < 1.29 is 23.9 Å². The van der Waals surface area contributed by atoms with Crippen molar-refractivity contribution in [1.82, 2.24) is 0 Å². The molecule has 8 nitrogen and oxygen atoms in total. The molecule has 1 amide bonds. The Labute approximate surface area is 155 Å². The smallest absolute Gasteiger partial charge is 0.270 e. The van der Waals surface area contributed by atoms with Crippen LogP contribution in [-0.4, -0.2) is 17.6 Å². The number of nitro benzene ring substituents is 1. The number of nitrogens with zero attached hydrogens (tertiary/aromatic N) is 1. The van der Waals surface area contributed by atoms with Crippen molar-refractivity contribution in [1.29, 1.82) is 0 Å². The van der Waals surface area contributed by atoms with Gasteiger partial charge in [-0.1, -0.05) is 0 Å². The summed E-state index contributed by atoms with van der Waals surface area (Å²) in [4.78, 5) is 22.5. The summed E-state index contributed by atoms with van der Waals surface area (Å²) in [6.45, 7) is 0.490. The topological polar surface area (TPSA) is 99.9 Å². The average Bonchev–Trinajstić information content (AvgIpc) is 3.52. The Balaban J connectivity index is 1.45. The Morgan fingerprint density at radius 1 is 1.26 bits per heavy atom. The van der Waals surface area contributed by atoms with Crippen molar-refractivity contribution in [2.45, 2.75) is 26.1 Å². The molecule has 2 aliphatic rings. The van der Waals surface area contributed by atoms with Crippen molar-refractivity contribution in [3.63, 3.8) is 0 Å². The van der Waals surface area contributed by atoms with E-state index in [-0.39, 0.29) is 37.5 Å². The molecule has 1 heterocycles. The molecule has 0 radical (unpaired) electrons. The van der Waals surface area contributed by atoms with Gasteiger partial charge in [0.15, 0.2) is 6.79 Å². The molecule has 27 heavy (non-hydrogen) atoms. The van der Waals surface area contributed by atoms with Gasteiger partial charge >= 0.3 is 0 Å². The highest BCUT2D eigenvalue weighted by molar-refractivity contribution is 5.94. The molecule has 1 aliphatic heterocycles. The normalized spacial score (nSPS) is 15.4. The van der Waals surface area contributed by atoms with Crippen molar-refractivity contribution >= 4 is 17.3 Å². The van der Waals surface area contributed by atoms with E-state index in [1.807, 2.05) is 0 Å². The van der Waals surface area contributed by atoms with Gasteiger partial charge in [-0.2, -0.15) is 0 Å². The van der Waals surface area contributed by atoms with Crippen LogP contribution in [0.3, 0.4) is 0 Å². The third-order valence-electron chi connectivity index (χ3n) is 4.45. The fraction of sp³-hybridized carbons (Fsp3) is 0.316. The highest BCUT2D eigenvalue weighted by Crippen LogP contribution is 2.33. The van der Waals surface area contributed by atoms with Gasteiger partial charge in [-0.05, 0) is 37.1 Å². The molecule has 0 spiro atoms. The summed E-state index contributed by atoms with van der Waals surface area (Å²) in [5.74, 6) is 1.35. The maximum Gasteiger partial charge on any atom is 0.270 e. The van der Waals surface area contributed by atoms with Gasteiger partial charge in [0, 0.05) is 34.9 Å². The maximum absolute atomic E-state index is 11.8. The molecule has 0 bridgehead atoms. The molecule has 2 aromatic carbocycles. The summed E-state index contributed by atoms with van der Waals surface area (Å²) < 4.78 is 16.4. The van der Waals surface area contributed by atoms with E-state index in [1.165, 1.54) is 12.1 Å². The lowest BCUT2D eigenvalue weighted by Gasteiger charge is -2.20. The molecule has 1 aliphatic carbocycles. The summed E-state index contributed by atoms with van der Waals surface area (Å²) in [6.07, 6.45) is 1.90. The van der Waals surface area contributed by atoms with E-state index in [1.54, 1.807) is 24.3 Å². The lowest BCUT2D eigenvalue weighted by atomic mass is 10.1. The van der Waals surface area contributed by atoms with Crippen LogP contribution in [0.4, 0.5) is 11.4 Å². The molecule has 0 atom stereocenters. The number of hydrogen-bond acceptors (Lipinski definition) is 6. The standard InChI is InChI=1S/C19H18N2O6/c22-19(12-1-2-12)20-15-3-5-17(6-4-15)26-10-14-8-16(21(23)24)7-13-9-25-11-27-18(13)14/h3-8,12H,1-2,9-11H2,(H,20,22). The molecule has 8 heteroatoms. The molecule has 2 aromatic rings. The van der Waals surface area contributed by atoms with E-state index in [0.717, 1.165) is 12.8 Å². The largest absolute Gasteiger partial charge is 0.489 e. The highest BCUT2D eigenvalue weighted by Gasteiger charge is 2.29. The lowest BCUT2D eigenvalue weighted by Crippen LogP contribution is -2.14. The van der Waals surface area contributed by atoms with Gasteiger partial charge in [0.2, 0.25) is 5.91 Å². The fourth-order valence-corrected chi connectivity index (χ4v) is 2.88. The molecule has 0 saturated heterocycles. The third kappa shape index (κ3) is 4.01. The van der Waals surface area contributed by atoms with Crippen LogP contribution in [0.5, 0.6) is 11.5 Å². The van der Waals surface area contributed by atoms with Gasteiger partial charge in [0.1, 0.15) is 18.1 Å². The van der Waals surface area contributed by atoms with Crippen LogP contribution in [0, 0.1) is 16.0 Å². The van der Waals surface area contributed by atoms with Crippen molar-refractivity contribution in [3.05, 3.63) is 57.6 Å². The van der Waals surface area contributed by atoms with Crippen LogP contribution >= 0.6 is 0 Å². The predicted octanol–water partition coefficient (Wildman–Crippen LogP) is 3.39. The number of amides is 1. The number of ether oxygens (including phenoxy) is 3. The Bertz CT molecular complexity index is 877. The highest BCUT2D eigenvalue weighted by atomic mass is 16.7. The minimum Gasteiger partial charge on any atom is -0.489 e. The molecule has 0 unspecified atom stereocenters. The van der Waals surface area contributed by atoms with Crippen LogP contribution in [0.25, 0.3) is 0 Å². The summed E-state index contributed by atoms with van der Waals surface area (Å²) in [5.41, 5.74) is 1.91. The molecule has 4 rings (SSSR count). The average molecular weight is 370 g/mol. The lowest BCUT2D eigenvalue weighted by molar-refractivity contribution is -0.385. The first-order valence-corrected chi connectivity index (χ1v) is 8.64. The van der Waals surface area contributed by atoms with Gasteiger partial charge < -0.3 is 19.5 Å². The van der Waals surface area contributed by atoms with E-state index in [9.17, 15) is 14.9 Å². The Morgan fingerprint density at radius 3 is 2.74 bits per heavy atom. The van der Waals surface area contributed by atoms with Crippen molar-refractivity contribution in [2.75, 3.05) is 12.1 Å². The second-order valence-corrected chi connectivity index (χ2v) is 6.54. The Hall–Kier alpha value is -3.13. The summed E-state index contributed by atoms with van der Waals surface area (Å²) in [6, 6.07) is 9.93. The van der Waals surface area contributed by atoms with Crippen LogP contribution in [-0.2, 0) is 22.7 Å². The summed E-state index contributed by atoms with van der Waals surface area (Å²) in [5, 5.41) is 14.0. The number of anilines is 1. The van der Waals surface area contributed by atoms with E-state index in [2.05, 4.69) is 5.32 Å². The third-order valence-corrected chi connectivity index (χ3v) is 4.45. The van der Waals surface area contributed by atoms with Gasteiger partial charge in [0.05, 0.1) is 11.5 Å². The molecule has 0 aromatic heterocycles. The summed E-state index contributed by atoms with van der Waals surface area (Å²) in [7, 11) is 0. The van der Waals surface area contributed by atoms with Crippen molar-refractivity contribution in [2.24, 2.45) is 5.92 Å². The zero-order valence-corrected chi connectivity index (χ0v) is 14.5. The van der Waals surface area contributed by atoms with Gasteiger partial charge in [-0.25, -0.2) is 0 Å². The number of nitrogens with one attached hydrogen (secondary N) is 1. The zero-order valence-electron chi connectivity index (χ0n) is 14.5. The van der Waals surface area contributed by atoms with E-state index < -0.39 is 4.92 Å². The molecule has 1 N–H and O–H groups in total. The van der Waals surface area contributed by atoms with E-state index in [4.69, 9.17) is 14.2 Å². The minimum atomic E-state index is -0.449. The molecule has 1 fully saturated rings. The number of fused-ring (bicyclic) bond motifs is 1. The van der Waals surface area contributed by atoms with Gasteiger partial charge in [-0.15, -0.1) is 0 Å². The molecular formula is C19H18N2O6. The number of carbonyl (C=O) groups is 1. The monoisotopic (exact) mass is 370 g/mol. The van der Waals surface area contributed by atoms with Gasteiger partial charge in [-0.3, -0.25) is 14.9 Å². The second-order valence-electron chi connectivity index (χ2n) is 6.54. The summed E-state index contributed by atoms with van der Waals surface area (Å²) >= 11 is 0. The SMILES string of the molecule is O=C(Nc1ccc(OCc2cc([N+](=O)[O-])cc3c2OCOC3)cc1)C1CC1. The first-order chi connectivity index (χ1) is 13.1. The first kappa shape index (κ1) is 17.3. The van der Waals surface area contributed by atoms with E-state index in [0.29, 0.717) is 28.3 Å². The van der Waals surface area contributed by atoms with Crippen LogP contribution < -0.4 is 14.8 Å². The zero-order chi connectivity index (χ0) is 18.8. The molecular weight excluding hydrogens is 352 g/mol. The van der Waals surface area contributed by atoms with Crippen molar-refractivity contribution in [3.8, 4) is 11.5 Å². The van der Waals surface area contributed by atoms with Gasteiger partial charge in [0.25, 0.3) is 5.69 Å². The number of benzene rings is 2. The number of hydrogen-bond donors (Lipinski definition) is 1. The minimum absolute atomic E-state index is 0.0282. The fourth-order valence-electron chi connectivity index (χ4n) is 2.88. The number of rotatable bonds is 6. The predicted molar refractivity (Wildman–Crippen MR) is 95.5 cm³/mol. The van der Waals surface area contributed by atoms with Crippen LogP contribution in [0.1, 0.15) is 24.0 Å². The molecule has 140 valence electrons. The van der Waals surface area contributed by atoms with Crippen LogP contribution in [0.2, 0.25) is 0 Å². The number of nitro groups is 1. The Kier molecular flexibility index (Phi) is 4.64. The number of carbonyl (C=O) groups excluding carboxylic acids is 1. The van der Waals surface area contributed by atoms with E-state index >= 15 is 0 Å². The molecule has 1 saturated carbocycles. The maximum atomic E-state index is 11.8.